The van der Waals surface area contributed by atoms with Gasteiger partial charge in [-0.2, -0.15) is 0 Å². The van der Waals surface area contributed by atoms with E-state index < -0.39 is 0 Å². The van der Waals surface area contributed by atoms with E-state index >= 15 is 0 Å². The van der Waals surface area contributed by atoms with Gasteiger partial charge in [0.05, 0.1) is 6.54 Å². The first kappa shape index (κ1) is 14.2. The summed E-state index contributed by atoms with van der Waals surface area (Å²) in [5, 5.41) is 3.53. The molecule has 0 unspecified atom stereocenters. The van der Waals surface area contributed by atoms with E-state index in [0.29, 0.717) is 0 Å². The highest BCUT2D eigenvalue weighted by atomic mass is 15.4. The van der Waals surface area contributed by atoms with Gasteiger partial charge in [-0.15, -0.1) is 0 Å². The van der Waals surface area contributed by atoms with E-state index in [1.165, 1.54) is 28.9 Å². The molecule has 110 valence electrons. The van der Waals surface area contributed by atoms with Crippen LogP contribution < -0.4 is 9.80 Å². The molecule has 0 amide bonds. The maximum Gasteiger partial charge on any atom is 0.144 e. The summed E-state index contributed by atoms with van der Waals surface area (Å²) < 4.78 is 0.899. The standard InChI is InChI=1S/C17H23N4/c1-14-12-19-7-4-16(14)21(10-3-6-18-9-11-21)17-5-8-20-13-15(17)2/h4-5,7-8,12-13,18H,3,6,9-11H2,1-2H3/q+1. The lowest BCUT2D eigenvalue weighted by Crippen LogP contribution is -2.47. The topological polar surface area (TPSA) is 37.8 Å². The van der Waals surface area contributed by atoms with Crippen molar-refractivity contribution in [1.82, 2.24) is 19.8 Å². The zero-order valence-electron chi connectivity index (χ0n) is 12.8. The zero-order chi connectivity index (χ0) is 14.7. The number of aryl methyl sites for hydroxylation is 2. The molecule has 0 atom stereocenters. The molecule has 3 heterocycles. The smallest absolute Gasteiger partial charge is 0.144 e. The van der Waals surface area contributed by atoms with E-state index in [9.17, 15) is 0 Å². The molecule has 4 heteroatoms. The fraction of sp³-hybridized carbons (Fsp3) is 0.412. The molecule has 2 aromatic heterocycles. The van der Waals surface area contributed by atoms with Gasteiger partial charge in [-0.1, -0.05) is 0 Å². The van der Waals surface area contributed by atoms with Gasteiger partial charge in [-0.05, 0) is 13.8 Å². The molecule has 3 rings (SSSR count). The Morgan fingerprint density at radius 3 is 2.10 bits per heavy atom. The molecule has 0 aliphatic carbocycles. The van der Waals surface area contributed by atoms with E-state index in [0.717, 1.165) is 30.7 Å². The fourth-order valence-electron chi connectivity index (χ4n) is 3.48. The third-order valence-corrected chi connectivity index (χ3v) is 4.47. The minimum absolute atomic E-state index is 0.899. The molecule has 0 aromatic carbocycles. The molecule has 2 aromatic rings. The number of rotatable bonds is 2. The third-order valence-electron chi connectivity index (χ3n) is 4.47. The largest absolute Gasteiger partial charge is 0.311 e. The highest BCUT2D eigenvalue weighted by Gasteiger charge is 2.36. The van der Waals surface area contributed by atoms with Crippen molar-refractivity contribution in [1.29, 1.82) is 0 Å². The Labute approximate surface area is 126 Å². The van der Waals surface area contributed by atoms with Crippen molar-refractivity contribution in [3.8, 4) is 0 Å². The minimum Gasteiger partial charge on any atom is -0.311 e. The normalized spacial score (nSPS) is 18.2. The predicted octanol–water partition coefficient (Wildman–Crippen LogP) is 2.73. The summed E-state index contributed by atoms with van der Waals surface area (Å²) in [5.41, 5.74) is 5.25. The van der Waals surface area contributed by atoms with E-state index in [1.54, 1.807) is 0 Å². The molecule has 0 bridgehead atoms. The molecular formula is C17H23N4+. The first-order chi connectivity index (χ1) is 10.2. The lowest BCUT2D eigenvalue weighted by Gasteiger charge is -2.38. The monoisotopic (exact) mass is 283 g/mol. The van der Waals surface area contributed by atoms with Crippen LogP contribution in [0, 0.1) is 13.8 Å². The van der Waals surface area contributed by atoms with Crippen LogP contribution in [0.2, 0.25) is 0 Å². The number of nitrogens with one attached hydrogen (secondary N) is 1. The summed E-state index contributed by atoms with van der Waals surface area (Å²) in [6.07, 6.45) is 8.95. The number of quaternary nitrogens is 1. The first-order valence-corrected chi connectivity index (χ1v) is 7.64. The van der Waals surface area contributed by atoms with Crippen LogP contribution in [0.1, 0.15) is 17.5 Å². The van der Waals surface area contributed by atoms with Crippen molar-refractivity contribution in [2.75, 3.05) is 26.2 Å². The SMILES string of the molecule is Cc1cnccc1[N+]1(c2ccncc2C)CCCNCC1. The van der Waals surface area contributed by atoms with E-state index in [4.69, 9.17) is 0 Å². The van der Waals surface area contributed by atoms with Gasteiger partial charge in [0.25, 0.3) is 0 Å². The summed E-state index contributed by atoms with van der Waals surface area (Å²) in [4.78, 5) is 8.54. The van der Waals surface area contributed by atoms with Crippen LogP contribution in [-0.4, -0.2) is 36.1 Å². The summed E-state index contributed by atoms with van der Waals surface area (Å²) in [6, 6.07) is 4.36. The van der Waals surface area contributed by atoms with Crippen LogP contribution >= 0.6 is 0 Å². The summed E-state index contributed by atoms with van der Waals surface area (Å²) in [7, 11) is 0. The second-order valence-electron chi connectivity index (χ2n) is 5.84. The first-order valence-electron chi connectivity index (χ1n) is 7.64. The number of aromatic nitrogens is 2. The molecule has 1 N–H and O–H groups in total. The number of hydrogen-bond acceptors (Lipinski definition) is 3. The molecule has 1 aliphatic heterocycles. The van der Waals surface area contributed by atoms with Crippen molar-refractivity contribution >= 4 is 11.4 Å². The van der Waals surface area contributed by atoms with Crippen molar-refractivity contribution in [3.05, 3.63) is 48.0 Å². The van der Waals surface area contributed by atoms with Gasteiger partial charge in [-0.25, -0.2) is 0 Å². The van der Waals surface area contributed by atoms with Crippen molar-refractivity contribution in [2.45, 2.75) is 20.3 Å². The maximum atomic E-state index is 4.27. The van der Waals surface area contributed by atoms with Crippen LogP contribution in [0.15, 0.2) is 36.9 Å². The Hall–Kier alpha value is -1.78. The van der Waals surface area contributed by atoms with Gasteiger partial charge in [0.1, 0.15) is 17.9 Å². The Bertz CT molecular complexity index is 568. The average molecular weight is 283 g/mol. The van der Waals surface area contributed by atoms with E-state index in [2.05, 4.69) is 41.3 Å². The molecule has 21 heavy (non-hydrogen) atoms. The number of pyridine rings is 2. The lowest BCUT2D eigenvalue weighted by atomic mass is 10.1. The van der Waals surface area contributed by atoms with E-state index in [-0.39, 0.29) is 0 Å². The highest BCUT2D eigenvalue weighted by molar-refractivity contribution is 5.63. The maximum absolute atomic E-state index is 4.27. The van der Waals surface area contributed by atoms with E-state index in [1.807, 2.05) is 24.8 Å². The minimum atomic E-state index is 0.899. The van der Waals surface area contributed by atoms with Gasteiger partial charge < -0.3 is 5.32 Å². The molecule has 0 saturated carbocycles. The average Bonchev–Trinajstić information content (AvgIpc) is 2.75. The van der Waals surface area contributed by atoms with Crippen LogP contribution in [0.4, 0.5) is 11.4 Å². The molecule has 0 radical (unpaired) electrons. The fourth-order valence-corrected chi connectivity index (χ4v) is 3.48. The Morgan fingerprint density at radius 2 is 1.52 bits per heavy atom. The van der Waals surface area contributed by atoms with Gasteiger partial charge in [0.15, 0.2) is 0 Å². The second kappa shape index (κ2) is 5.92. The lowest BCUT2D eigenvalue weighted by molar-refractivity contribution is 0.400. The molecule has 1 fully saturated rings. The third kappa shape index (κ3) is 2.57. The summed E-state index contributed by atoms with van der Waals surface area (Å²) in [5.74, 6) is 0. The van der Waals surface area contributed by atoms with Gasteiger partial charge in [0.2, 0.25) is 0 Å². The Morgan fingerprint density at radius 1 is 0.905 bits per heavy atom. The van der Waals surface area contributed by atoms with Crippen molar-refractivity contribution in [3.63, 3.8) is 0 Å². The molecule has 1 aliphatic rings. The number of hydrogen-bond donors (Lipinski definition) is 1. The Balaban J connectivity index is 2.20. The molecule has 1 saturated heterocycles. The number of nitrogens with zero attached hydrogens (tertiary/aromatic N) is 3. The van der Waals surface area contributed by atoms with Gasteiger partial charge in [-0.3, -0.25) is 14.5 Å². The zero-order valence-corrected chi connectivity index (χ0v) is 12.8. The predicted molar refractivity (Wildman–Crippen MR) is 86.6 cm³/mol. The molecular weight excluding hydrogens is 260 g/mol. The van der Waals surface area contributed by atoms with Crippen LogP contribution in [0.3, 0.4) is 0 Å². The summed E-state index contributed by atoms with van der Waals surface area (Å²) >= 11 is 0. The van der Waals surface area contributed by atoms with Crippen LogP contribution in [0.25, 0.3) is 0 Å². The highest BCUT2D eigenvalue weighted by Crippen LogP contribution is 2.38. The van der Waals surface area contributed by atoms with Crippen LogP contribution in [-0.2, 0) is 0 Å². The second-order valence-corrected chi connectivity index (χ2v) is 5.84. The quantitative estimate of drug-likeness (QED) is 0.861. The van der Waals surface area contributed by atoms with Gasteiger partial charge in [0, 0.05) is 67.6 Å². The molecule has 0 spiro atoms. The van der Waals surface area contributed by atoms with Crippen molar-refractivity contribution in [2.24, 2.45) is 0 Å². The van der Waals surface area contributed by atoms with Gasteiger partial charge >= 0.3 is 0 Å². The summed E-state index contributed by atoms with van der Waals surface area (Å²) in [6.45, 7) is 8.63. The van der Waals surface area contributed by atoms with Crippen LogP contribution in [0.5, 0.6) is 0 Å². The molecule has 4 nitrogen and oxygen atoms in total. The Kier molecular flexibility index (Phi) is 3.99. The van der Waals surface area contributed by atoms with Crippen molar-refractivity contribution < 1.29 is 0 Å².